The second kappa shape index (κ2) is 9.89. The average Bonchev–Trinajstić information content (AvgIpc) is 2.63. The van der Waals surface area contributed by atoms with Crippen molar-refractivity contribution in [1.29, 1.82) is 0 Å². The summed E-state index contributed by atoms with van der Waals surface area (Å²) in [6.07, 6.45) is 1.53. The molecule has 0 aliphatic heterocycles. The number of carbonyl (C=O) groups is 1. The zero-order chi connectivity index (χ0) is 19.8. The highest BCUT2D eigenvalue weighted by atomic mass is 79.9. The van der Waals surface area contributed by atoms with E-state index in [0.717, 1.165) is 11.3 Å². The largest absolute Gasteiger partial charge is 0.493 e. The number of thiocarbonyl (C=S) groups is 1. The van der Waals surface area contributed by atoms with Crippen molar-refractivity contribution in [2.24, 2.45) is 10.8 Å². The third-order valence-electron chi connectivity index (χ3n) is 3.44. The summed E-state index contributed by atoms with van der Waals surface area (Å²) in [5.41, 5.74) is 10.2. The van der Waals surface area contributed by atoms with E-state index in [-0.39, 0.29) is 17.6 Å². The minimum atomic E-state index is -0.270. The molecule has 0 unspecified atom stereocenters. The van der Waals surface area contributed by atoms with Crippen LogP contribution < -0.4 is 25.9 Å². The van der Waals surface area contributed by atoms with Gasteiger partial charge in [-0.05, 0) is 58.8 Å². The van der Waals surface area contributed by atoms with Crippen LogP contribution in [-0.4, -0.2) is 31.0 Å². The van der Waals surface area contributed by atoms with Gasteiger partial charge in [-0.15, -0.1) is 0 Å². The van der Waals surface area contributed by atoms with Gasteiger partial charge in [-0.25, -0.2) is 0 Å². The smallest absolute Gasteiger partial charge is 0.262 e. The van der Waals surface area contributed by atoms with Crippen LogP contribution in [-0.2, 0) is 4.79 Å². The number of nitrogens with two attached hydrogens (primary N) is 1. The summed E-state index contributed by atoms with van der Waals surface area (Å²) in [5, 5.41) is 6.78. The molecule has 4 N–H and O–H groups in total. The molecule has 0 spiro atoms. The quantitative estimate of drug-likeness (QED) is 0.340. The maximum Gasteiger partial charge on any atom is 0.262 e. The summed E-state index contributed by atoms with van der Waals surface area (Å²) in [7, 11) is 1.51. The molecule has 0 saturated heterocycles. The zero-order valence-corrected chi connectivity index (χ0v) is 17.2. The summed E-state index contributed by atoms with van der Waals surface area (Å²) < 4.78 is 11.6. The summed E-state index contributed by atoms with van der Waals surface area (Å²) in [5.74, 6) is 0.608. The van der Waals surface area contributed by atoms with Crippen LogP contribution in [0.3, 0.4) is 0 Å². The van der Waals surface area contributed by atoms with Crippen LogP contribution in [0, 0.1) is 6.92 Å². The molecule has 0 heterocycles. The van der Waals surface area contributed by atoms with Gasteiger partial charge in [0, 0.05) is 15.7 Å². The monoisotopic (exact) mass is 450 g/mol. The van der Waals surface area contributed by atoms with E-state index < -0.39 is 0 Å². The highest BCUT2D eigenvalue weighted by Gasteiger charge is 2.12. The Morgan fingerprint density at radius 2 is 2.07 bits per heavy atom. The molecule has 0 atom stereocenters. The number of carbonyl (C=O) groups excluding carboxylic acids is 1. The van der Waals surface area contributed by atoms with E-state index in [0.29, 0.717) is 21.5 Å². The fraction of sp³-hybridized carbons (Fsp3) is 0.167. The molecule has 0 bridgehead atoms. The highest BCUT2D eigenvalue weighted by molar-refractivity contribution is 9.10. The maximum atomic E-state index is 12.2. The molecule has 0 aliphatic rings. The Balaban J connectivity index is 2.06. The van der Waals surface area contributed by atoms with Gasteiger partial charge in [-0.2, -0.15) is 5.10 Å². The number of halogens is 1. The molecule has 0 aromatic heterocycles. The molecular weight excluding hydrogens is 432 g/mol. The number of benzene rings is 2. The van der Waals surface area contributed by atoms with Gasteiger partial charge >= 0.3 is 0 Å². The van der Waals surface area contributed by atoms with Crippen LogP contribution in [0.1, 0.15) is 11.1 Å². The topological polar surface area (TPSA) is 98.0 Å². The molecule has 2 aromatic rings. The van der Waals surface area contributed by atoms with E-state index in [2.05, 4.69) is 44.0 Å². The fourth-order valence-electron chi connectivity index (χ4n) is 2.13. The van der Waals surface area contributed by atoms with Crippen LogP contribution >= 0.6 is 28.1 Å². The fourth-order valence-corrected chi connectivity index (χ4v) is 2.61. The van der Waals surface area contributed by atoms with Gasteiger partial charge in [0.25, 0.3) is 5.91 Å². The minimum Gasteiger partial charge on any atom is -0.493 e. The lowest BCUT2D eigenvalue weighted by Gasteiger charge is -2.13. The molecule has 2 rings (SSSR count). The van der Waals surface area contributed by atoms with Crippen LogP contribution in [0.4, 0.5) is 5.69 Å². The van der Waals surface area contributed by atoms with E-state index in [1.54, 1.807) is 12.1 Å². The van der Waals surface area contributed by atoms with Crippen molar-refractivity contribution in [1.82, 2.24) is 5.43 Å². The number of nitrogens with one attached hydrogen (secondary N) is 2. The number of hydrogen-bond donors (Lipinski definition) is 3. The minimum absolute atomic E-state index is 0.0638. The van der Waals surface area contributed by atoms with Crippen molar-refractivity contribution in [2.75, 3.05) is 19.0 Å². The number of para-hydroxylation sites is 1. The van der Waals surface area contributed by atoms with Crippen LogP contribution in [0.15, 0.2) is 46.0 Å². The molecule has 0 aliphatic carbocycles. The van der Waals surface area contributed by atoms with Gasteiger partial charge in [0.05, 0.1) is 13.3 Å². The lowest BCUT2D eigenvalue weighted by Crippen LogP contribution is -2.24. The molecule has 2 aromatic carbocycles. The van der Waals surface area contributed by atoms with Crippen LogP contribution in [0.25, 0.3) is 0 Å². The number of hydrazone groups is 1. The van der Waals surface area contributed by atoms with E-state index >= 15 is 0 Å². The Kier molecular flexibility index (Phi) is 7.56. The second-order valence-corrected chi connectivity index (χ2v) is 6.70. The Morgan fingerprint density at radius 3 is 2.74 bits per heavy atom. The van der Waals surface area contributed by atoms with Gasteiger partial charge in [-0.3, -0.25) is 10.2 Å². The molecule has 1 amide bonds. The van der Waals surface area contributed by atoms with Crippen molar-refractivity contribution in [3.63, 3.8) is 0 Å². The number of ether oxygens (including phenoxy) is 2. The van der Waals surface area contributed by atoms with Gasteiger partial charge < -0.3 is 20.5 Å². The molecule has 0 radical (unpaired) electrons. The van der Waals surface area contributed by atoms with Gasteiger partial charge in [0.15, 0.2) is 23.2 Å². The molecule has 0 fully saturated rings. The van der Waals surface area contributed by atoms with Crippen molar-refractivity contribution in [3.8, 4) is 11.5 Å². The standard InChI is InChI=1S/C18H19BrN4O3S/c1-11-5-3-4-6-14(11)22-17(24)10-26-16-8-13(19)12(7-15(16)25-2)9-21-23-18(20)27/h3-9H,10H2,1-2H3,(H,22,24)(H3,20,23,27)/b21-9-. The average molecular weight is 451 g/mol. The van der Waals surface area contributed by atoms with Gasteiger partial charge in [-0.1, -0.05) is 18.2 Å². The first-order chi connectivity index (χ1) is 12.9. The lowest BCUT2D eigenvalue weighted by atomic mass is 10.2. The summed E-state index contributed by atoms with van der Waals surface area (Å²) in [4.78, 5) is 12.2. The number of anilines is 1. The Bertz CT molecular complexity index is 874. The van der Waals surface area contributed by atoms with Crippen LogP contribution in [0.2, 0.25) is 0 Å². The lowest BCUT2D eigenvalue weighted by molar-refractivity contribution is -0.118. The first kappa shape index (κ1) is 20.7. The van der Waals surface area contributed by atoms with E-state index in [9.17, 15) is 4.79 Å². The zero-order valence-electron chi connectivity index (χ0n) is 14.8. The van der Waals surface area contributed by atoms with Crippen molar-refractivity contribution < 1.29 is 14.3 Å². The predicted octanol–water partition coefficient (Wildman–Crippen LogP) is 2.95. The molecule has 0 saturated carbocycles. The van der Waals surface area contributed by atoms with Gasteiger partial charge in [0.1, 0.15) is 0 Å². The van der Waals surface area contributed by atoms with Gasteiger partial charge in [0.2, 0.25) is 0 Å². The highest BCUT2D eigenvalue weighted by Crippen LogP contribution is 2.33. The SMILES string of the molecule is COc1cc(/C=N\NC(N)=S)c(Br)cc1OCC(=O)Nc1ccccc1C. The van der Waals surface area contributed by atoms with E-state index in [1.807, 2.05) is 31.2 Å². The molecule has 27 heavy (non-hydrogen) atoms. The first-order valence-corrected chi connectivity index (χ1v) is 9.05. The predicted molar refractivity (Wildman–Crippen MR) is 114 cm³/mol. The first-order valence-electron chi connectivity index (χ1n) is 7.85. The maximum absolute atomic E-state index is 12.2. The molecule has 9 heteroatoms. The molecular formula is C18H19BrN4O3S. The summed E-state index contributed by atoms with van der Waals surface area (Å²) >= 11 is 8.11. The summed E-state index contributed by atoms with van der Waals surface area (Å²) in [6.45, 7) is 1.76. The van der Waals surface area contributed by atoms with E-state index in [1.165, 1.54) is 13.3 Å². The third-order valence-corrected chi connectivity index (χ3v) is 4.22. The van der Waals surface area contributed by atoms with Crippen molar-refractivity contribution in [3.05, 3.63) is 52.0 Å². The van der Waals surface area contributed by atoms with E-state index in [4.69, 9.17) is 15.2 Å². The number of methoxy groups -OCH3 is 1. The normalized spacial score (nSPS) is 10.5. The molecule has 7 nitrogen and oxygen atoms in total. The Hall–Kier alpha value is -2.65. The second-order valence-electron chi connectivity index (χ2n) is 5.41. The summed E-state index contributed by atoms with van der Waals surface area (Å²) in [6, 6.07) is 10.9. The third kappa shape index (κ3) is 6.22. The number of hydrogen-bond acceptors (Lipinski definition) is 5. The van der Waals surface area contributed by atoms with Crippen LogP contribution in [0.5, 0.6) is 11.5 Å². The van der Waals surface area contributed by atoms with Crippen molar-refractivity contribution in [2.45, 2.75) is 6.92 Å². The Labute approximate surface area is 171 Å². The number of nitrogens with zero attached hydrogens (tertiary/aromatic N) is 1. The number of aryl methyl sites for hydroxylation is 1. The van der Waals surface area contributed by atoms with Crippen molar-refractivity contribution >= 4 is 51.1 Å². The number of amides is 1. The molecule has 142 valence electrons. The number of rotatable bonds is 7. The Morgan fingerprint density at radius 1 is 1.33 bits per heavy atom.